The van der Waals surface area contributed by atoms with Gasteiger partial charge in [0.05, 0.1) is 6.26 Å². The van der Waals surface area contributed by atoms with Gasteiger partial charge in [-0.1, -0.05) is 91.0 Å². The predicted octanol–water partition coefficient (Wildman–Crippen LogP) is 6.96. The molecule has 0 radical (unpaired) electrons. The van der Waals surface area contributed by atoms with E-state index in [1.165, 1.54) is 13.2 Å². The monoisotopic (exact) mass is 480 g/mol. The van der Waals surface area contributed by atoms with Crippen molar-refractivity contribution in [2.45, 2.75) is 26.7 Å². The van der Waals surface area contributed by atoms with Crippen molar-refractivity contribution in [1.29, 1.82) is 0 Å². The lowest BCUT2D eigenvalue weighted by Crippen LogP contribution is -2.04. The van der Waals surface area contributed by atoms with Gasteiger partial charge in [0.2, 0.25) is 5.75 Å². The molecule has 0 saturated carbocycles. The highest BCUT2D eigenvalue weighted by atomic mass is 16.5. The lowest BCUT2D eigenvalue weighted by molar-refractivity contribution is -0.135. The standard InChI is InChI=1S/C31H28O5/c1-24(32)33-18-17-28-19-29(34-21-25-11-5-2-6-12-25)31(36-23-27-15-9-4-10-16-27)30(20-28)35-22-26-13-7-3-8-14-26/h2-20H,21-23H2,1H3. The van der Waals surface area contributed by atoms with Crippen molar-refractivity contribution in [3.05, 3.63) is 132 Å². The van der Waals surface area contributed by atoms with Gasteiger partial charge < -0.3 is 18.9 Å². The van der Waals surface area contributed by atoms with E-state index in [1.54, 1.807) is 6.08 Å². The fraction of sp³-hybridized carbons (Fsp3) is 0.129. The molecule has 0 aliphatic heterocycles. The van der Waals surface area contributed by atoms with Crippen molar-refractivity contribution in [2.24, 2.45) is 0 Å². The van der Waals surface area contributed by atoms with E-state index in [2.05, 4.69) is 0 Å². The second-order valence-corrected chi connectivity index (χ2v) is 8.08. The molecule has 0 amide bonds. The molecule has 0 aliphatic carbocycles. The average molecular weight is 481 g/mol. The molecule has 0 unspecified atom stereocenters. The molecule has 182 valence electrons. The zero-order valence-electron chi connectivity index (χ0n) is 20.1. The van der Waals surface area contributed by atoms with Crippen molar-refractivity contribution >= 4 is 12.0 Å². The molecule has 0 saturated heterocycles. The summed E-state index contributed by atoms with van der Waals surface area (Å²) in [5, 5.41) is 0. The van der Waals surface area contributed by atoms with Crippen molar-refractivity contribution in [1.82, 2.24) is 0 Å². The molecule has 0 N–H and O–H groups in total. The van der Waals surface area contributed by atoms with Crippen LogP contribution in [0.2, 0.25) is 0 Å². The molecule has 0 heterocycles. The van der Waals surface area contributed by atoms with E-state index in [9.17, 15) is 4.79 Å². The van der Waals surface area contributed by atoms with Crippen LogP contribution in [0, 0.1) is 0 Å². The van der Waals surface area contributed by atoms with E-state index in [4.69, 9.17) is 18.9 Å². The third-order valence-electron chi connectivity index (χ3n) is 5.24. The minimum Gasteiger partial charge on any atom is -0.485 e. The summed E-state index contributed by atoms with van der Waals surface area (Å²) in [5.41, 5.74) is 3.83. The van der Waals surface area contributed by atoms with E-state index in [1.807, 2.05) is 103 Å². The minimum absolute atomic E-state index is 0.354. The molecule has 0 aliphatic rings. The lowest BCUT2D eigenvalue weighted by Gasteiger charge is -2.18. The molecule has 4 rings (SSSR count). The Kier molecular flexibility index (Phi) is 8.76. The van der Waals surface area contributed by atoms with E-state index in [0.29, 0.717) is 37.1 Å². The lowest BCUT2D eigenvalue weighted by atomic mass is 10.1. The Bertz CT molecular complexity index is 1200. The van der Waals surface area contributed by atoms with Crippen LogP contribution >= 0.6 is 0 Å². The highest BCUT2D eigenvalue weighted by Crippen LogP contribution is 2.40. The highest BCUT2D eigenvalue weighted by molar-refractivity contribution is 5.68. The van der Waals surface area contributed by atoms with Crippen LogP contribution in [0.4, 0.5) is 0 Å². The maximum absolute atomic E-state index is 11.2. The fourth-order valence-corrected chi connectivity index (χ4v) is 3.46. The maximum atomic E-state index is 11.2. The summed E-state index contributed by atoms with van der Waals surface area (Å²) < 4.78 is 23.7. The van der Waals surface area contributed by atoms with Gasteiger partial charge in [-0.05, 0) is 40.5 Å². The highest BCUT2D eigenvalue weighted by Gasteiger charge is 2.16. The number of hydrogen-bond acceptors (Lipinski definition) is 5. The van der Waals surface area contributed by atoms with Crippen LogP contribution < -0.4 is 14.2 Å². The normalized spacial score (nSPS) is 10.7. The van der Waals surface area contributed by atoms with Crippen LogP contribution in [0.15, 0.2) is 109 Å². The van der Waals surface area contributed by atoms with Crippen LogP contribution in [-0.2, 0) is 29.4 Å². The Morgan fingerprint density at radius 3 is 1.47 bits per heavy atom. The summed E-state index contributed by atoms with van der Waals surface area (Å²) in [4.78, 5) is 11.2. The third-order valence-corrected chi connectivity index (χ3v) is 5.24. The van der Waals surface area contributed by atoms with E-state index in [-0.39, 0.29) is 0 Å². The molecule has 36 heavy (non-hydrogen) atoms. The molecular formula is C31H28O5. The molecule has 5 nitrogen and oxygen atoms in total. The van der Waals surface area contributed by atoms with Gasteiger partial charge in [0, 0.05) is 6.92 Å². The number of ether oxygens (including phenoxy) is 4. The number of esters is 1. The topological polar surface area (TPSA) is 54.0 Å². The second-order valence-electron chi connectivity index (χ2n) is 8.08. The first kappa shape index (κ1) is 24.6. The molecule has 0 aromatic heterocycles. The minimum atomic E-state index is -0.393. The van der Waals surface area contributed by atoms with Crippen LogP contribution in [0.1, 0.15) is 29.2 Å². The quantitative estimate of drug-likeness (QED) is 0.172. The van der Waals surface area contributed by atoms with Gasteiger partial charge in [0.15, 0.2) is 11.5 Å². The molecule has 5 heteroatoms. The molecule has 0 fully saturated rings. The first-order valence-corrected chi connectivity index (χ1v) is 11.7. The van der Waals surface area contributed by atoms with Gasteiger partial charge in [-0.2, -0.15) is 0 Å². The molecule has 0 atom stereocenters. The van der Waals surface area contributed by atoms with Crippen molar-refractivity contribution in [2.75, 3.05) is 0 Å². The molecule has 4 aromatic rings. The van der Waals surface area contributed by atoms with Gasteiger partial charge in [0.25, 0.3) is 0 Å². The number of benzene rings is 4. The SMILES string of the molecule is CC(=O)OC=Cc1cc(OCc2ccccc2)c(OCc2ccccc2)c(OCc2ccccc2)c1. The summed E-state index contributed by atoms with van der Waals surface area (Å²) in [6.45, 7) is 2.43. The molecule has 0 spiro atoms. The molecule has 0 bridgehead atoms. The van der Waals surface area contributed by atoms with Gasteiger partial charge in [-0.3, -0.25) is 4.79 Å². The predicted molar refractivity (Wildman–Crippen MR) is 140 cm³/mol. The number of carbonyl (C=O) groups excluding carboxylic acids is 1. The van der Waals surface area contributed by atoms with Crippen molar-refractivity contribution < 1.29 is 23.7 Å². The largest absolute Gasteiger partial charge is 0.485 e. The number of hydrogen-bond donors (Lipinski definition) is 0. The van der Waals surface area contributed by atoms with Gasteiger partial charge in [-0.25, -0.2) is 0 Å². The van der Waals surface area contributed by atoms with E-state index in [0.717, 1.165) is 22.3 Å². The summed E-state index contributed by atoms with van der Waals surface area (Å²) >= 11 is 0. The zero-order chi connectivity index (χ0) is 25.0. The van der Waals surface area contributed by atoms with Crippen molar-refractivity contribution in [3.63, 3.8) is 0 Å². The average Bonchev–Trinajstić information content (AvgIpc) is 2.91. The van der Waals surface area contributed by atoms with Gasteiger partial charge >= 0.3 is 5.97 Å². The Hall–Kier alpha value is -4.51. The van der Waals surface area contributed by atoms with Gasteiger partial charge in [-0.15, -0.1) is 0 Å². The van der Waals surface area contributed by atoms with Crippen LogP contribution in [-0.4, -0.2) is 5.97 Å². The van der Waals surface area contributed by atoms with Crippen LogP contribution in [0.25, 0.3) is 6.08 Å². The smallest absolute Gasteiger partial charge is 0.307 e. The summed E-state index contributed by atoms with van der Waals surface area (Å²) in [5.74, 6) is 1.18. The second kappa shape index (κ2) is 12.8. The molecule has 4 aromatic carbocycles. The third kappa shape index (κ3) is 7.50. The number of carbonyl (C=O) groups is 1. The first-order chi connectivity index (χ1) is 17.7. The first-order valence-electron chi connectivity index (χ1n) is 11.7. The summed E-state index contributed by atoms with van der Waals surface area (Å²) in [7, 11) is 0. The van der Waals surface area contributed by atoms with E-state index < -0.39 is 5.97 Å². The Balaban J connectivity index is 1.66. The van der Waals surface area contributed by atoms with Crippen LogP contribution in [0.5, 0.6) is 17.2 Å². The Labute approximate surface area is 211 Å². The van der Waals surface area contributed by atoms with Crippen LogP contribution in [0.3, 0.4) is 0 Å². The summed E-state index contributed by atoms with van der Waals surface area (Å²) in [6.07, 6.45) is 3.04. The number of rotatable bonds is 11. The Morgan fingerprint density at radius 1 is 0.639 bits per heavy atom. The Morgan fingerprint density at radius 2 is 1.06 bits per heavy atom. The summed E-state index contributed by atoms with van der Waals surface area (Å²) in [6, 6.07) is 33.4. The van der Waals surface area contributed by atoms with Gasteiger partial charge in [0.1, 0.15) is 19.8 Å². The zero-order valence-corrected chi connectivity index (χ0v) is 20.1. The van der Waals surface area contributed by atoms with E-state index >= 15 is 0 Å². The van der Waals surface area contributed by atoms with Crippen molar-refractivity contribution in [3.8, 4) is 17.2 Å². The molecular weight excluding hydrogens is 452 g/mol. The fourth-order valence-electron chi connectivity index (χ4n) is 3.46. The maximum Gasteiger partial charge on any atom is 0.307 e.